The van der Waals surface area contributed by atoms with Crippen LogP contribution in [0.2, 0.25) is 0 Å². The zero-order valence-corrected chi connectivity index (χ0v) is 16.4. The molecule has 144 valence electrons. The van der Waals surface area contributed by atoms with Crippen molar-refractivity contribution < 1.29 is 9.18 Å². The number of carbonyl (C=O) groups excluding carboxylic acids is 1. The van der Waals surface area contributed by atoms with Crippen molar-refractivity contribution in [2.24, 2.45) is 0 Å². The first-order valence-electron chi connectivity index (χ1n) is 9.27. The van der Waals surface area contributed by atoms with Gasteiger partial charge < -0.3 is 0 Å². The molecule has 2 aromatic heterocycles. The number of likely N-dealkylation sites (tertiary alicyclic amines) is 1. The van der Waals surface area contributed by atoms with Crippen molar-refractivity contribution in [1.29, 1.82) is 0 Å². The summed E-state index contributed by atoms with van der Waals surface area (Å²) in [5.74, 6) is -0.647. The minimum atomic E-state index is -0.363. The lowest BCUT2D eigenvalue weighted by Crippen LogP contribution is -2.24. The van der Waals surface area contributed by atoms with Gasteiger partial charge in [0.15, 0.2) is 5.13 Å². The van der Waals surface area contributed by atoms with Gasteiger partial charge in [-0.1, -0.05) is 6.07 Å². The number of rotatable bonds is 5. The van der Waals surface area contributed by atoms with Crippen molar-refractivity contribution >= 4 is 22.4 Å². The molecule has 4 rings (SSSR count). The Kier molecular flexibility index (Phi) is 5.45. The summed E-state index contributed by atoms with van der Waals surface area (Å²) in [5.41, 5.74) is 3.67. The van der Waals surface area contributed by atoms with E-state index in [9.17, 15) is 9.18 Å². The summed E-state index contributed by atoms with van der Waals surface area (Å²) in [6, 6.07) is 9.75. The zero-order valence-electron chi connectivity index (χ0n) is 15.6. The molecule has 3 heterocycles. The number of aromatic nitrogens is 2. The fourth-order valence-corrected chi connectivity index (χ4v) is 4.25. The van der Waals surface area contributed by atoms with E-state index < -0.39 is 0 Å². The van der Waals surface area contributed by atoms with E-state index in [1.54, 1.807) is 0 Å². The molecule has 1 amide bonds. The number of nitrogens with zero attached hydrogens (tertiary/aromatic N) is 3. The van der Waals surface area contributed by atoms with Crippen LogP contribution in [0.1, 0.15) is 46.2 Å². The van der Waals surface area contributed by atoms with Gasteiger partial charge >= 0.3 is 0 Å². The summed E-state index contributed by atoms with van der Waals surface area (Å²) >= 11 is 1.41. The van der Waals surface area contributed by atoms with Gasteiger partial charge in [-0.3, -0.25) is 20.0 Å². The van der Waals surface area contributed by atoms with Crippen LogP contribution < -0.4 is 5.32 Å². The molecule has 0 unspecified atom stereocenters. The standard InChI is InChI=1S/C21H21FN4OS/c1-14-4-2-10-23-17(14)12-26-11-3-5-19(26)18-13-28-21(24-18)25-20(27)15-6-8-16(22)9-7-15/h2,4,6-10,13,19H,3,5,11-12H2,1H3,(H,24,25,27)/t19-/m1/s1. The second-order valence-electron chi connectivity index (χ2n) is 6.93. The fourth-order valence-electron chi connectivity index (χ4n) is 3.49. The third-order valence-corrected chi connectivity index (χ3v) is 5.80. The molecule has 1 aliphatic heterocycles. The second kappa shape index (κ2) is 8.16. The number of anilines is 1. The molecule has 1 atom stereocenters. The molecule has 1 aliphatic rings. The Hall–Kier alpha value is -2.64. The van der Waals surface area contributed by atoms with Gasteiger partial charge in [0.05, 0.1) is 17.4 Å². The van der Waals surface area contributed by atoms with Crippen molar-refractivity contribution in [1.82, 2.24) is 14.9 Å². The first kappa shape index (κ1) is 18.7. The maximum absolute atomic E-state index is 13.0. The van der Waals surface area contributed by atoms with Gasteiger partial charge in [0.25, 0.3) is 5.91 Å². The molecular formula is C21H21FN4OS. The van der Waals surface area contributed by atoms with Gasteiger partial charge in [0.2, 0.25) is 0 Å². The summed E-state index contributed by atoms with van der Waals surface area (Å²) in [4.78, 5) is 23.9. The Morgan fingerprint density at radius 2 is 2.14 bits per heavy atom. The van der Waals surface area contributed by atoms with Crippen LogP contribution >= 0.6 is 11.3 Å². The predicted octanol–water partition coefficient (Wildman–Crippen LogP) is 4.58. The highest BCUT2D eigenvalue weighted by molar-refractivity contribution is 7.14. The summed E-state index contributed by atoms with van der Waals surface area (Å²) < 4.78 is 13.0. The van der Waals surface area contributed by atoms with Gasteiger partial charge in [-0.2, -0.15) is 0 Å². The van der Waals surface area contributed by atoms with Crippen molar-refractivity contribution in [3.05, 3.63) is 76.3 Å². The zero-order chi connectivity index (χ0) is 19.5. The van der Waals surface area contributed by atoms with Crippen LogP contribution in [0.25, 0.3) is 0 Å². The number of nitrogens with one attached hydrogen (secondary N) is 1. The third-order valence-electron chi connectivity index (χ3n) is 5.02. The first-order valence-corrected chi connectivity index (χ1v) is 10.1. The molecule has 1 saturated heterocycles. The number of pyridine rings is 1. The minimum absolute atomic E-state index is 0.231. The van der Waals surface area contributed by atoms with Gasteiger partial charge in [-0.05, 0) is 62.2 Å². The van der Waals surface area contributed by atoms with Crippen LogP contribution in [0.4, 0.5) is 9.52 Å². The third kappa shape index (κ3) is 4.10. The molecule has 1 aromatic carbocycles. The Bertz CT molecular complexity index is 973. The van der Waals surface area contributed by atoms with Crippen LogP contribution in [0.5, 0.6) is 0 Å². The summed E-state index contributed by atoms with van der Waals surface area (Å²) in [7, 11) is 0. The van der Waals surface area contributed by atoms with E-state index >= 15 is 0 Å². The average molecular weight is 396 g/mol. The largest absolute Gasteiger partial charge is 0.298 e. The van der Waals surface area contributed by atoms with Crippen molar-refractivity contribution in [2.45, 2.75) is 32.4 Å². The average Bonchev–Trinajstić information content (AvgIpc) is 3.33. The number of thiazole rings is 1. The van der Waals surface area contributed by atoms with Gasteiger partial charge in [0.1, 0.15) is 5.82 Å². The first-order chi connectivity index (χ1) is 13.6. The highest BCUT2D eigenvalue weighted by Gasteiger charge is 2.28. The Morgan fingerprint density at radius 3 is 2.93 bits per heavy atom. The van der Waals surface area contributed by atoms with Crippen LogP contribution in [-0.4, -0.2) is 27.3 Å². The lowest BCUT2D eigenvalue weighted by atomic mass is 10.1. The number of aryl methyl sites for hydroxylation is 1. The molecule has 0 spiro atoms. The van der Waals surface area contributed by atoms with E-state index in [-0.39, 0.29) is 17.8 Å². The molecule has 1 N–H and O–H groups in total. The predicted molar refractivity (Wildman–Crippen MR) is 108 cm³/mol. The van der Waals surface area contributed by atoms with Crippen molar-refractivity contribution in [3.63, 3.8) is 0 Å². The quantitative estimate of drug-likeness (QED) is 0.686. The monoisotopic (exact) mass is 396 g/mol. The second-order valence-corrected chi connectivity index (χ2v) is 7.79. The van der Waals surface area contributed by atoms with E-state index in [1.165, 1.54) is 41.2 Å². The number of halogens is 1. The number of carbonyl (C=O) groups is 1. The minimum Gasteiger partial charge on any atom is -0.298 e. The normalized spacial score (nSPS) is 17.0. The van der Waals surface area contributed by atoms with Crippen molar-refractivity contribution in [3.8, 4) is 0 Å². The van der Waals surface area contributed by atoms with Gasteiger partial charge in [-0.15, -0.1) is 11.3 Å². The highest BCUT2D eigenvalue weighted by Crippen LogP contribution is 2.34. The van der Waals surface area contributed by atoms with E-state index in [0.717, 1.165) is 37.3 Å². The lowest BCUT2D eigenvalue weighted by molar-refractivity contribution is 0.102. The van der Waals surface area contributed by atoms with Crippen LogP contribution in [-0.2, 0) is 6.54 Å². The fraction of sp³-hybridized carbons (Fsp3) is 0.286. The number of amides is 1. The Labute approximate surface area is 167 Å². The highest BCUT2D eigenvalue weighted by atomic mass is 32.1. The van der Waals surface area contributed by atoms with Crippen LogP contribution in [0.3, 0.4) is 0 Å². The van der Waals surface area contributed by atoms with E-state index in [4.69, 9.17) is 0 Å². The Morgan fingerprint density at radius 1 is 1.32 bits per heavy atom. The topological polar surface area (TPSA) is 58.1 Å². The number of benzene rings is 1. The van der Waals surface area contributed by atoms with Crippen LogP contribution in [0.15, 0.2) is 48.0 Å². The molecular weight excluding hydrogens is 375 g/mol. The molecule has 1 fully saturated rings. The molecule has 0 saturated carbocycles. The van der Waals surface area contributed by atoms with Gasteiger partial charge in [0, 0.05) is 23.7 Å². The Balaban J connectivity index is 1.45. The summed E-state index contributed by atoms with van der Waals surface area (Å²) in [5, 5.41) is 5.38. The van der Waals surface area contributed by atoms with E-state index in [1.807, 2.05) is 17.6 Å². The SMILES string of the molecule is Cc1cccnc1CN1CCC[C@@H]1c1csc(NC(=O)c2ccc(F)cc2)n1. The molecule has 0 bridgehead atoms. The van der Waals surface area contributed by atoms with E-state index in [2.05, 4.69) is 33.2 Å². The molecule has 0 radical (unpaired) electrons. The molecule has 3 aromatic rings. The maximum atomic E-state index is 13.0. The molecule has 0 aliphatic carbocycles. The van der Waals surface area contributed by atoms with Crippen LogP contribution in [0, 0.1) is 12.7 Å². The lowest BCUT2D eigenvalue weighted by Gasteiger charge is -2.23. The number of hydrogen-bond donors (Lipinski definition) is 1. The van der Waals surface area contributed by atoms with E-state index in [0.29, 0.717) is 10.7 Å². The summed E-state index contributed by atoms with van der Waals surface area (Å²) in [6.07, 6.45) is 3.99. The smallest absolute Gasteiger partial charge is 0.257 e. The molecule has 5 nitrogen and oxygen atoms in total. The maximum Gasteiger partial charge on any atom is 0.257 e. The van der Waals surface area contributed by atoms with Crippen molar-refractivity contribution in [2.75, 3.05) is 11.9 Å². The number of hydrogen-bond acceptors (Lipinski definition) is 5. The summed E-state index contributed by atoms with van der Waals surface area (Å²) in [6.45, 7) is 3.89. The molecule has 7 heteroatoms. The molecule has 28 heavy (non-hydrogen) atoms. The van der Waals surface area contributed by atoms with Gasteiger partial charge in [-0.25, -0.2) is 9.37 Å².